The molecule has 3 aromatic rings. The average molecular weight is 304 g/mol. The van der Waals surface area contributed by atoms with Crippen molar-refractivity contribution < 1.29 is 0 Å². The number of nitrogens with one attached hydrogen (secondary N) is 1. The van der Waals surface area contributed by atoms with E-state index in [4.69, 9.17) is 11.0 Å². The molecule has 1 aromatic heterocycles. The smallest absolute Gasteiger partial charge is 0.124 e. The molecule has 0 aliphatic heterocycles. The Kier molecular flexibility index (Phi) is 4.14. The van der Waals surface area contributed by atoms with Crippen molar-refractivity contribution in [3.63, 3.8) is 0 Å². The van der Waals surface area contributed by atoms with Gasteiger partial charge in [0.05, 0.1) is 28.7 Å². The molecular weight excluding hydrogens is 284 g/mol. The molecule has 0 saturated carbocycles. The van der Waals surface area contributed by atoms with Crippen LogP contribution in [-0.4, -0.2) is 9.97 Å². The van der Waals surface area contributed by atoms with Crippen LogP contribution in [0.1, 0.15) is 37.7 Å². The summed E-state index contributed by atoms with van der Waals surface area (Å²) < 4.78 is 0. The molecule has 0 saturated heterocycles. The fourth-order valence-electron chi connectivity index (χ4n) is 2.74. The lowest BCUT2D eigenvalue weighted by Gasteiger charge is -2.10. The number of hydrogen-bond acceptors (Lipinski definition) is 3. The quantitative estimate of drug-likeness (QED) is 0.760. The highest BCUT2D eigenvalue weighted by atomic mass is 15.0. The molecule has 4 heteroatoms. The molecule has 0 aliphatic carbocycles. The normalized spacial score (nSPS) is 12.5. The summed E-state index contributed by atoms with van der Waals surface area (Å²) in [6.07, 6.45) is 0.905. The van der Waals surface area contributed by atoms with Gasteiger partial charge in [-0.05, 0) is 47.7 Å². The second-order valence-electron chi connectivity index (χ2n) is 6.28. The number of imidazole rings is 1. The van der Waals surface area contributed by atoms with E-state index in [9.17, 15) is 0 Å². The van der Waals surface area contributed by atoms with Crippen LogP contribution in [0.2, 0.25) is 0 Å². The first kappa shape index (κ1) is 15.3. The van der Waals surface area contributed by atoms with Crippen LogP contribution in [0.3, 0.4) is 0 Å². The first-order valence-corrected chi connectivity index (χ1v) is 7.82. The van der Waals surface area contributed by atoms with Crippen LogP contribution in [0.4, 0.5) is 0 Å². The second-order valence-corrected chi connectivity index (χ2v) is 6.28. The first-order chi connectivity index (χ1) is 11.1. The highest BCUT2D eigenvalue weighted by Gasteiger charge is 2.13. The Morgan fingerprint density at radius 2 is 1.83 bits per heavy atom. The van der Waals surface area contributed by atoms with Crippen LogP contribution in [0, 0.1) is 17.2 Å². The van der Waals surface area contributed by atoms with E-state index in [0.29, 0.717) is 11.5 Å². The van der Waals surface area contributed by atoms with Gasteiger partial charge in [0, 0.05) is 0 Å². The molecule has 0 unspecified atom stereocenters. The van der Waals surface area contributed by atoms with Gasteiger partial charge in [0.1, 0.15) is 5.82 Å². The molecule has 1 atom stereocenters. The Morgan fingerprint density at radius 3 is 2.48 bits per heavy atom. The van der Waals surface area contributed by atoms with Crippen molar-refractivity contribution >= 4 is 11.0 Å². The van der Waals surface area contributed by atoms with Gasteiger partial charge in [-0.2, -0.15) is 5.26 Å². The Bertz CT molecular complexity index is 853. The molecule has 0 bridgehead atoms. The summed E-state index contributed by atoms with van der Waals surface area (Å²) in [6.45, 7) is 4.32. The summed E-state index contributed by atoms with van der Waals surface area (Å²) in [5.74, 6) is 1.37. The van der Waals surface area contributed by atoms with Gasteiger partial charge in [-0.15, -0.1) is 0 Å². The third kappa shape index (κ3) is 3.25. The van der Waals surface area contributed by atoms with E-state index in [1.807, 2.05) is 36.4 Å². The number of rotatable bonds is 4. The maximum Gasteiger partial charge on any atom is 0.124 e. The van der Waals surface area contributed by atoms with Crippen LogP contribution in [0.25, 0.3) is 22.2 Å². The highest BCUT2D eigenvalue weighted by Crippen LogP contribution is 2.25. The molecule has 0 spiro atoms. The summed E-state index contributed by atoms with van der Waals surface area (Å²) >= 11 is 0. The van der Waals surface area contributed by atoms with Crippen LogP contribution in [-0.2, 0) is 0 Å². The highest BCUT2D eigenvalue weighted by molar-refractivity contribution is 5.82. The standard InChI is InChI=1S/C19H20N4/c1-12(2)9-16(21)19-22-17-8-7-15(10-18(17)23-19)14-5-3-13(11-20)4-6-14/h3-8,10,12,16H,9,21H2,1-2H3,(H,22,23)/t16-/m1/s1. The van der Waals surface area contributed by atoms with Crippen LogP contribution >= 0.6 is 0 Å². The molecule has 2 aromatic carbocycles. The number of hydrogen-bond donors (Lipinski definition) is 2. The van der Waals surface area contributed by atoms with Crippen molar-refractivity contribution in [3.05, 3.63) is 53.9 Å². The summed E-state index contributed by atoms with van der Waals surface area (Å²) in [7, 11) is 0. The zero-order valence-corrected chi connectivity index (χ0v) is 13.4. The maximum absolute atomic E-state index is 8.88. The molecule has 3 rings (SSSR count). The second kappa shape index (κ2) is 6.23. The Morgan fingerprint density at radius 1 is 1.13 bits per heavy atom. The molecule has 116 valence electrons. The van der Waals surface area contributed by atoms with E-state index in [0.717, 1.165) is 34.4 Å². The third-order valence-electron chi connectivity index (χ3n) is 3.92. The van der Waals surface area contributed by atoms with E-state index in [2.05, 4.69) is 36.0 Å². The van der Waals surface area contributed by atoms with Crippen molar-refractivity contribution in [2.75, 3.05) is 0 Å². The number of benzene rings is 2. The minimum atomic E-state index is -0.0687. The topological polar surface area (TPSA) is 78.5 Å². The van der Waals surface area contributed by atoms with E-state index >= 15 is 0 Å². The number of fused-ring (bicyclic) bond motifs is 1. The number of nitriles is 1. The van der Waals surface area contributed by atoms with Crippen molar-refractivity contribution in [1.82, 2.24) is 9.97 Å². The van der Waals surface area contributed by atoms with E-state index in [-0.39, 0.29) is 6.04 Å². The molecule has 4 nitrogen and oxygen atoms in total. The molecule has 0 amide bonds. The van der Waals surface area contributed by atoms with Crippen molar-refractivity contribution in [2.24, 2.45) is 11.7 Å². The van der Waals surface area contributed by atoms with Gasteiger partial charge in [-0.1, -0.05) is 32.0 Å². The fraction of sp³-hybridized carbons (Fsp3) is 0.263. The SMILES string of the molecule is CC(C)C[C@@H](N)c1nc2ccc(-c3ccc(C#N)cc3)cc2[nH]1. The number of aromatic amines is 1. The number of nitrogens with zero attached hydrogens (tertiary/aromatic N) is 2. The minimum absolute atomic E-state index is 0.0687. The summed E-state index contributed by atoms with van der Waals surface area (Å²) in [5, 5.41) is 8.88. The lowest BCUT2D eigenvalue weighted by molar-refractivity contribution is 0.496. The van der Waals surface area contributed by atoms with Crippen molar-refractivity contribution in [1.29, 1.82) is 5.26 Å². The summed E-state index contributed by atoms with van der Waals surface area (Å²) in [6, 6.07) is 15.8. The predicted molar refractivity (Wildman–Crippen MR) is 92.6 cm³/mol. The molecule has 0 radical (unpaired) electrons. The van der Waals surface area contributed by atoms with Crippen LogP contribution in [0.15, 0.2) is 42.5 Å². The molecule has 1 heterocycles. The summed E-state index contributed by atoms with van der Waals surface area (Å²) in [4.78, 5) is 7.95. The zero-order chi connectivity index (χ0) is 16.4. The first-order valence-electron chi connectivity index (χ1n) is 7.82. The van der Waals surface area contributed by atoms with Gasteiger partial charge in [-0.3, -0.25) is 0 Å². The van der Waals surface area contributed by atoms with E-state index in [1.165, 1.54) is 0 Å². The zero-order valence-electron chi connectivity index (χ0n) is 13.4. The largest absolute Gasteiger partial charge is 0.341 e. The number of nitrogens with two attached hydrogens (primary N) is 1. The predicted octanol–water partition coefficient (Wildman–Crippen LogP) is 4.15. The Labute approximate surface area is 136 Å². The fourth-order valence-corrected chi connectivity index (χ4v) is 2.74. The van der Waals surface area contributed by atoms with E-state index in [1.54, 1.807) is 0 Å². The Balaban J connectivity index is 1.93. The van der Waals surface area contributed by atoms with Gasteiger partial charge in [0.15, 0.2) is 0 Å². The van der Waals surface area contributed by atoms with Gasteiger partial charge in [-0.25, -0.2) is 4.98 Å². The molecule has 23 heavy (non-hydrogen) atoms. The van der Waals surface area contributed by atoms with E-state index < -0.39 is 0 Å². The van der Waals surface area contributed by atoms with Crippen molar-refractivity contribution in [3.8, 4) is 17.2 Å². The van der Waals surface area contributed by atoms with Gasteiger partial charge < -0.3 is 10.7 Å². The lowest BCUT2D eigenvalue weighted by Crippen LogP contribution is -2.14. The van der Waals surface area contributed by atoms with Crippen LogP contribution in [0.5, 0.6) is 0 Å². The number of H-pyrrole nitrogens is 1. The van der Waals surface area contributed by atoms with Gasteiger partial charge in [0.25, 0.3) is 0 Å². The van der Waals surface area contributed by atoms with Crippen molar-refractivity contribution in [2.45, 2.75) is 26.3 Å². The maximum atomic E-state index is 8.88. The lowest BCUT2D eigenvalue weighted by atomic mass is 10.0. The molecule has 3 N–H and O–H groups in total. The van der Waals surface area contributed by atoms with Gasteiger partial charge in [0.2, 0.25) is 0 Å². The van der Waals surface area contributed by atoms with Gasteiger partial charge >= 0.3 is 0 Å². The minimum Gasteiger partial charge on any atom is -0.341 e. The molecule has 0 aliphatic rings. The number of aromatic nitrogens is 2. The molecular formula is C19H20N4. The third-order valence-corrected chi connectivity index (χ3v) is 3.92. The van der Waals surface area contributed by atoms with Crippen LogP contribution < -0.4 is 5.73 Å². The summed E-state index contributed by atoms with van der Waals surface area (Å²) in [5.41, 5.74) is 11.0. The molecule has 0 fully saturated rings. The monoisotopic (exact) mass is 304 g/mol. The Hall–Kier alpha value is -2.64. The average Bonchev–Trinajstić information content (AvgIpc) is 2.97.